The third-order valence-electron chi connectivity index (χ3n) is 6.68. The van der Waals surface area contributed by atoms with Crippen molar-refractivity contribution in [2.75, 3.05) is 24.5 Å². The summed E-state index contributed by atoms with van der Waals surface area (Å²) in [5, 5.41) is 3.18. The number of hydrogen-bond acceptors (Lipinski definition) is 5. The molecule has 0 unspecified atom stereocenters. The molecule has 3 saturated heterocycles. The molecule has 2 bridgehead atoms. The Kier molecular flexibility index (Phi) is 4.51. The molecule has 4 heterocycles. The molecule has 0 aliphatic carbocycles. The fraction of sp³-hybridized carbons (Fsp3) is 0.500. The molecule has 0 saturated carbocycles. The Morgan fingerprint density at radius 2 is 2.18 bits per heavy atom. The van der Waals surface area contributed by atoms with E-state index in [0.717, 1.165) is 38.2 Å². The summed E-state index contributed by atoms with van der Waals surface area (Å²) < 4.78 is 6.47. The van der Waals surface area contributed by atoms with Gasteiger partial charge in [0.05, 0.1) is 17.9 Å². The quantitative estimate of drug-likeness (QED) is 0.835. The summed E-state index contributed by atoms with van der Waals surface area (Å²) in [4.78, 5) is 23.3. The predicted octanol–water partition coefficient (Wildman–Crippen LogP) is 2.21. The van der Waals surface area contributed by atoms with Crippen molar-refractivity contribution < 1.29 is 9.53 Å². The van der Waals surface area contributed by atoms with Gasteiger partial charge in [0.15, 0.2) is 0 Å². The molecule has 0 radical (unpaired) electrons. The van der Waals surface area contributed by atoms with Crippen LogP contribution in [0.1, 0.15) is 24.8 Å². The van der Waals surface area contributed by atoms with E-state index in [0.29, 0.717) is 24.8 Å². The summed E-state index contributed by atoms with van der Waals surface area (Å²) in [6, 6.07) is 10.2. The first-order valence-electron chi connectivity index (χ1n) is 10.2. The zero-order chi connectivity index (χ0) is 19.0. The zero-order valence-electron chi connectivity index (χ0n) is 16.0. The maximum atomic E-state index is 12.4. The van der Waals surface area contributed by atoms with Gasteiger partial charge in [-0.05, 0) is 24.8 Å². The van der Waals surface area contributed by atoms with Crippen molar-refractivity contribution in [3.05, 3.63) is 54.5 Å². The van der Waals surface area contributed by atoms with Gasteiger partial charge in [-0.25, -0.2) is 4.98 Å². The number of ether oxygens (including phenoxy) is 1. The van der Waals surface area contributed by atoms with Crippen LogP contribution in [0.2, 0.25) is 0 Å². The molecular formula is C22H26N4O2. The normalized spacial score (nSPS) is 30.4. The number of nitrogens with zero attached hydrogens (tertiary/aromatic N) is 3. The van der Waals surface area contributed by atoms with Crippen LogP contribution >= 0.6 is 0 Å². The van der Waals surface area contributed by atoms with Gasteiger partial charge in [0.1, 0.15) is 5.82 Å². The van der Waals surface area contributed by atoms with Crippen LogP contribution in [0.25, 0.3) is 0 Å². The van der Waals surface area contributed by atoms with Gasteiger partial charge in [-0.1, -0.05) is 30.3 Å². The molecule has 6 nitrogen and oxygen atoms in total. The number of nitrogens with one attached hydrogen (secondary N) is 1. The van der Waals surface area contributed by atoms with E-state index in [9.17, 15) is 4.79 Å². The number of hydrogen-bond donors (Lipinski definition) is 1. The molecule has 4 atom stereocenters. The Morgan fingerprint density at radius 1 is 1.29 bits per heavy atom. The highest BCUT2D eigenvalue weighted by Crippen LogP contribution is 2.55. The van der Waals surface area contributed by atoms with E-state index >= 15 is 0 Å². The number of carbonyl (C=O) groups excluding carboxylic acids is 1. The van der Waals surface area contributed by atoms with Crippen LogP contribution < -0.4 is 10.2 Å². The highest BCUT2D eigenvalue weighted by Gasteiger charge is 2.63. The lowest BCUT2D eigenvalue weighted by molar-refractivity contribution is -0.121. The van der Waals surface area contributed by atoms with E-state index in [2.05, 4.69) is 32.3 Å². The van der Waals surface area contributed by atoms with Crippen molar-refractivity contribution in [1.29, 1.82) is 0 Å². The third-order valence-corrected chi connectivity index (χ3v) is 6.68. The topological polar surface area (TPSA) is 67.4 Å². The van der Waals surface area contributed by atoms with Crippen LogP contribution in [-0.4, -0.2) is 47.2 Å². The standard InChI is InChI=1S/C22H26N4O2/c27-21(7-6-16-4-2-1-3-5-16)25-12-17-18-14-26(20-13-23-10-11-24-20)15-22(18)9-8-19(17)28-22/h1-5,10-11,13,17-19H,6-9,12,14-15H2,(H,25,27)/t17-,18+,19+,22+/m0/s1. The van der Waals surface area contributed by atoms with Gasteiger partial charge < -0.3 is 15.0 Å². The molecule has 1 spiro atoms. The molecule has 28 heavy (non-hydrogen) atoms. The van der Waals surface area contributed by atoms with Gasteiger partial charge in [-0.15, -0.1) is 0 Å². The molecule has 5 rings (SSSR count). The highest BCUT2D eigenvalue weighted by molar-refractivity contribution is 5.76. The van der Waals surface area contributed by atoms with Crippen molar-refractivity contribution in [2.45, 2.75) is 37.4 Å². The second kappa shape index (κ2) is 7.17. The van der Waals surface area contributed by atoms with Crippen molar-refractivity contribution in [3.63, 3.8) is 0 Å². The molecule has 146 valence electrons. The Morgan fingerprint density at radius 3 is 3.00 bits per heavy atom. The van der Waals surface area contributed by atoms with Crippen LogP contribution in [0.15, 0.2) is 48.9 Å². The van der Waals surface area contributed by atoms with Crippen molar-refractivity contribution in [3.8, 4) is 0 Å². The van der Waals surface area contributed by atoms with Gasteiger partial charge in [-0.3, -0.25) is 9.78 Å². The molecule has 1 amide bonds. The number of aromatic nitrogens is 2. The second-order valence-corrected chi connectivity index (χ2v) is 8.26. The lowest BCUT2D eigenvalue weighted by Gasteiger charge is -2.29. The number of benzene rings is 1. The molecule has 1 N–H and O–H groups in total. The van der Waals surface area contributed by atoms with Crippen LogP contribution in [0.5, 0.6) is 0 Å². The largest absolute Gasteiger partial charge is 0.369 e. The van der Waals surface area contributed by atoms with Gasteiger partial charge in [-0.2, -0.15) is 0 Å². The Balaban J connectivity index is 1.19. The molecule has 1 aromatic carbocycles. The van der Waals surface area contributed by atoms with Crippen LogP contribution in [-0.2, 0) is 16.0 Å². The number of carbonyl (C=O) groups is 1. The Hall–Kier alpha value is -2.47. The lowest BCUT2D eigenvalue weighted by atomic mass is 9.73. The van der Waals surface area contributed by atoms with E-state index in [4.69, 9.17) is 4.74 Å². The maximum Gasteiger partial charge on any atom is 0.220 e. The summed E-state index contributed by atoms with van der Waals surface area (Å²) in [7, 11) is 0. The summed E-state index contributed by atoms with van der Waals surface area (Å²) in [6.45, 7) is 2.52. The third kappa shape index (κ3) is 3.15. The van der Waals surface area contributed by atoms with Crippen LogP contribution in [0, 0.1) is 11.8 Å². The Labute approximate surface area is 165 Å². The van der Waals surface area contributed by atoms with Gasteiger partial charge in [0, 0.05) is 50.3 Å². The van der Waals surface area contributed by atoms with E-state index in [1.807, 2.05) is 24.4 Å². The summed E-state index contributed by atoms with van der Waals surface area (Å²) in [5.74, 6) is 1.88. The van der Waals surface area contributed by atoms with Gasteiger partial charge >= 0.3 is 0 Å². The van der Waals surface area contributed by atoms with Crippen molar-refractivity contribution in [1.82, 2.24) is 15.3 Å². The van der Waals surface area contributed by atoms with Crippen molar-refractivity contribution in [2.24, 2.45) is 11.8 Å². The molecule has 3 aliphatic heterocycles. The monoisotopic (exact) mass is 378 g/mol. The number of fused-ring (bicyclic) bond motifs is 1. The zero-order valence-corrected chi connectivity index (χ0v) is 16.0. The minimum Gasteiger partial charge on any atom is -0.369 e. The van der Waals surface area contributed by atoms with E-state index in [1.165, 1.54) is 5.56 Å². The minimum absolute atomic E-state index is 0.0678. The first kappa shape index (κ1) is 17.6. The van der Waals surface area contributed by atoms with E-state index in [1.54, 1.807) is 12.4 Å². The fourth-order valence-corrected chi connectivity index (χ4v) is 5.32. The Bertz CT molecular complexity index is 831. The number of anilines is 1. The molecule has 2 aromatic rings. The SMILES string of the molecule is O=C(CCc1ccccc1)NC[C@H]1[C@H]2CN(c3cnccn3)C[C@]23CC[C@H]1O3. The molecular weight excluding hydrogens is 352 g/mol. The summed E-state index contributed by atoms with van der Waals surface area (Å²) in [6.07, 6.45) is 9.06. The highest BCUT2D eigenvalue weighted by atomic mass is 16.5. The first-order valence-corrected chi connectivity index (χ1v) is 10.2. The maximum absolute atomic E-state index is 12.4. The average Bonchev–Trinajstić information content (AvgIpc) is 3.41. The number of amides is 1. The predicted molar refractivity (Wildman–Crippen MR) is 106 cm³/mol. The fourth-order valence-electron chi connectivity index (χ4n) is 5.32. The van der Waals surface area contributed by atoms with Crippen molar-refractivity contribution >= 4 is 11.7 Å². The van der Waals surface area contributed by atoms with Crippen LogP contribution in [0.3, 0.4) is 0 Å². The summed E-state index contributed by atoms with van der Waals surface area (Å²) in [5.41, 5.74) is 1.14. The van der Waals surface area contributed by atoms with Gasteiger partial charge in [0.2, 0.25) is 5.91 Å². The molecule has 1 aromatic heterocycles. The van der Waals surface area contributed by atoms with Crippen LogP contribution in [0.4, 0.5) is 5.82 Å². The van der Waals surface area contributed by atoms with Gasteiger partial charge in [0.25, 0.3) is 0 Å². The number of rotatable bonds is 6. The first-order chi connectivity index (χ1) is 13.7. The summed E-state index contributed by atoms with van der Waals surface area (Å²) >= 11 is 0. The van der Waals surface area contributed by atoms with E-state index < -0.39 is 0 Å². The minimum atomic E-state index is -0.0678. The number of aryl methyl sites for hydroxylation is 1. The second-order valence-electron chi connectivity index (χ2n) is 8.26. The molecule has 3 fully saturated rings. The smallest absolute Gasteiger partial charge is 0.220 e. The molecule has 6 heteroatoms. The average molecular weight is 378 g/mol. The lowest BCUT2D eigenvalue weighted by Crippen LogP contribution is -2.41. The molecule has 3 aliphatic rings. The van der Waals surface area contributed by atoms with E-state index in [-0.39, 0.29) is 17.6 Å².